The van der Waals surface area contributed by atoms with E-state index >= 15 is 0 Å². The number of β-amino-alcohol motifs (C(OH)–C–C–N with tert-alkyl or cyclic N) is 1. The van der Waals surface area contributed by atoms with Gasteiger partial charge in [0.1, 0.15) is 11.2 Å². The molecule has 0 radical (unpaired) electrons. The highest BCUT2D eigenvalue weighted by Gasteiger charge is 2.49. The highest BCUT2D eigenvalue weighted by atomic mass is 16.4. The van der Waals surface area contributed by atoms with Crippen LogP contribution in [0.4, 0.5) is 11.8 Å². The van der Waals surface area contributed by atoms with Gasteiger partial charge in [-0.25, -0.2) is 4.98 Å². The number of hydrogen-bond acceptors (Lipinski definition) is 6. The van der Waals surface area contributed by atoms with Crippen molar-refractivity contribution in [3.63, 3.8) is 0 Å². The summed E-state index contributed by atoms with van der Waals surface area (Å²) in [6.07, 6.45) is 1.11. The lowest BCUT2D eigenvalue weighted by atomic mass is 9.72. The molecule has 7 heteroatoms. The normalized spacial score (nSPS) is 23.9. The van der Waals surface area contributed by atoms with Gasteiger partial charge in [-0.2, -0.15) is 4.98 Å². The molecule has 2 atom stereocenters. The number of aliphatic carboxylic acids is 1. The van der Waals surface area contributed by atoms with Gasteiger partial charge < -0.3 is 20.8 Å². The molecule has 1 aliphatic rings. The third-order valence-corrected chi connectivity index (χ3v) is 4.59. The summed E-state index contributed by atoms with van der Waals surface area (Å²) in [5, 5.41) is 20.4. The Morgan fingerprint density at radius 2 is 2.08 bits per heavy atom. The molecule has 1 aliphatic heterocycles. The lowest BCUT2D eigenvalue weighted by Crippen LogP contribution is -2.56. The fourth-order valence-electron chi connectivity index (χ4n) is 3.16. The third kappa shape index (κ3) is 3.03. The molecule has 1 aromatic carbocycles. The molecule has 0 amide bonds. The van der Waals surface area contributed by atoms with Crippen molar-refractivity contribution in [3.05, 3.63) is 48.2 Å². The number of nitrogens with zero attached hydrogens (tertiary/aromatic N) is 3. The Hall–Kier alpha value is -2.67. The Morgan fingerprint density at radius 1 is 1.33 bits per heavy atom. The van der Waals surface area contributed by atoms with Crippen molar-refractivity contribution < 1.29 is 15.0 Å². The molecule has 1 fully saturated rings. The van der Waals surface area contributed by atoms with Crippen LogP contribution in [0.1, 0.15) is 12.0 Å². The Bertz CT molecular complexity index is 725. The Morgan fingerprint density at radius 3 is 2.71 bits per heavy atom. The first-order valence-electron chi connectivity index (χ1n) is 7.80. The van der Waals surface area contributed by atoms with Crippen LogP contribution in [0.5, 0.6) is 0 Å². The molecular formula is C17H20N4O3. The van der Waals surface area contributed by atoms with Crippen molar-refractivity contribution in [3.8, 4) is 0 Å². The molecule has 0 aliphatic carbocycles. The number of nitrogens with two attached hydrogens (primary N) is 1. The van der Waals surface area contributed by atoms with Gasteiger partial charge in [-0.1, -0.05) is 30.3 Å². The highest BCUT2D eigenvalue weighted by molar-refractivity contribution is 5.76. The Kier molecular flexibility index (Phi) is 4.35. The zero-order valence-corrected chi connectivity index (χ0v) is 13.2. The second kappa shape index (κ2) is 6.45. The van der Waals surface area contributed by atoms with Crippen LogP contribution in [-0.2, 0) is 11.2 Å². The monoisotopic (exact) mass is 328 g/mol. The van der Waals surface area contributed by atoms with Gasteiger partial charge >= 0.3 is 5.97 Å². The molecular weight excluding hydrogens is 308 g/mol. The second-order valence-corrected chi connectivity index (χ2v) is 6.12. The van der Waals surface area contributed by atoms with Crippen LogP contribution in [0.2, 0.25) is 0 Å². The van der Waals surface area contributed by atoms with Gasteiger partial charge in [0.05, 0.1) is 6.10 Å². The topological polar surface area (TPSA) is 113 Å². The smallest absolute Gasteiger partial charge is 0.312 e. The summed E-state index contributed by atoms with van der Waals surface area (Å²) in [4.78, 5) is 22.0. The molecule has 2 aromatic rings. The highest BCUT2D eigenvalue weighted by Crippen LogP contribution is 2.36. The third-order valence-electron chi connectivity index (χ3n) is 4.59. The number of aliphatic hydroxyl groups is 1. The van der Waals surface area contributed by atoms with Gasteiger partial charge in [-0.05, 0) is 24.5 Å². The van der Waals surface area contributed by atoms with Crippen LogP contribution >= 0.6 is 0 Å². The molecule has 0 bridgehead atoms. The van der Waals surface area contributed by atoms with Crippen molar-refractivity contribution in [2.75, 3.05) is 23.7 Å². The minimum absolute atomic E-state index is 0.155. The van der Waals surface area contributed by atoms with Crippen LogP contribution in [0, 0.1) is 5.41 Å². The number of benzene rings is 1. The van der Waals surface area contributed by atoms with E-state index in [1.54, 1.807) is 17.2 Å². The number of nitrogen functional groups attached to an aromatic ring is 1. The predicted molar refractivity (Wildman–Crippen MR) is 89.5 cm³/mol. The molecule has 4 N–H and O–H groups in total. The molecule has 7 nitrogen and oxygen atoms in total. The number of aliphatic hydroxyl groups excluding tert-OH is 1. The first-order chi connectivity index (χ1) is 11.5. The molecule has 24 heavy (non-hydrogen) atoms. The fraction of sp³-hybridized carbons (Fsp3) is 0.353. The van der Waals surface area contributed by atoms with Crippen LogP contribution in [0.15, 0.2) is 42.6 Å². The first kappa shape index (κ1) is 16.2. The summed E-state index contributed by atoms with van der Waals surface area (Å²) in [5.74, 6) is -0.228. The van der Waals surface area contributed by atoms with Crippen molar-refractivity contribution in [1.29, 1.82) is 0 Å². The largest absolute Gasteiger partial charge is 0.481 e. The van der Waals surface area contributed by atoms with E-state index in [1.807, 2.05) is 30.3 Å². The van der Waals surface area contributed by atoms with Crippen LogP contribution in [0.25, 0.3) is 0 Å². The van der Waals surface area contributed by atoms with Gasteiger partial charge in [0.15, 0.2) is 0 Å². The molecule has 0 saturated carbocycles. The average Bonchev–Trinajstić information content (AvgIpc) is 2.57. The van der Waals surface area contributed by atoms with Gasteiger partial charge in [0.25, 0.3) is 0 Å². The summed E-state index contributed by atoms with van der Waals surface area (Å²) in [5.41, 5.74) is 5.36. The lowest BCUT2D eigenvalue weighted by Gasteiger charge is -2.42. The minimum atomic E-state index is -1.21. The number of aromatic nitrogens is 2. The Balaban J connectivity index is 1.82. The number of carboxylic acids is 1. The number of rotatable bonds is 4. The maximum atomic E-state index is 12.0. The summed E-state index contributed by atoms with van der Waals surface area (Å²) < 4.78 is 0. The van der Waals surface area contributed by atoms with Gasteiger partial charge in [0, 0.05) is 19.3 Å². The molecule has 2 heterocycles. The second-order valence-electron chi connectivity index (χ2n) is 6.12. The minimum Gasteiger partial charge on any atom is -0.481 e. The molecule has 1 aromatic heterocycles. The van der Waals surface area contributed by atoms with E-state index in [9.17, 15) is 15.0 Å². The summed E-state index contributed by atoms with van der Waals surface area (Å²) >= 11 is 0. The maximum Gasteiger partial charge on any atom is 0.312 e. The van der Waals surface area contributed by atoms with Crippen LogP contribution in [0.3, 0.4) is 0 Å². The fourth-order valence-corrected chi connectivity index (χ4v) is 3.16. The average molecular weight is 328 g/mol. The van der Waals surface area contributed by atoms with E-state index < -0.39 is 17.5 Å². The quantitative estimate of drug-likeness (QED) is 0.765. The van der Waals surface area contributed by atoms with E-state index in [0.29, 0.717) is 24.7 Å². The molecule has 0 unspecified atom stereocenters. The molecule has 0 spiro atoms. The number of hydrogen-bond donors (Lipinski definition) is 3. The number of piperidine rings is 1. The van der Waals surface area contributed by atoms with Crippen molar-refractivity contribution >= 4 is 17.7 Å². The van der Waals surface area contributed by atoms with Gasteiger partial charge in [0.2, 0.25) is 5.95 Å². The van der Waals surface area contributed by atoms with Crippen LogP contribution in [-0.4, -0.2) is 45.3 Å². The SMILES string of the molecule is Nc1ccnc(N2CC[C@](Cc3ccccc3)(C(=O)O)[C@H](O)C2)n1. The van der Waals surface area contributed by atoms with E-state index in [-0.39, 0.29) is 13.0 Å². The van der Waals surface area contributed by atoms with E-state index in [1.165, 1.54) is 0 Å². The standard InChI is InChI=1S/C17H20N4O3/c18-14-6-8-19-16(20-14)21-9-7-17(15(23)24,13(22)11-21)10-12-4-2-1-3-5-12/h1-6,8,13,22H,7,9-11H2,(H,23,24)(H2,18,19,20)/t13-,17-/m1/s1. The van der Waals surface area contributed by atoms with Crippen molar-refractivity contribution in [1.82, 2.24) is 9.97 Å². The maximum absolute atomic E-state index is 12.0. The molecule has 126 valence electrons. The van der Waals surface area contributed by atoms with Gasteiger partial charge in [-0.15, -0.1) is 0 Å². The van der Waals surface area contributed by atoms with Crippen molar-refractivity contribution in [2.45, 2.75) is 18.9 Å². The lowest BCUT2D eigenvalue weighted by molar-refractivity contribution is -0.158. The van der Waals surface area contributed by atoms with Crippen molar-refractivity contribution in [2.24, 2.45) is 5.41 Å². The first-order valence-corrected chi connectivity index (χ1v) is 7.80. The number of carbonyl (C=O) groups is 1. The number of carboxylic acid groups (broad SMARTS) is 1. The molecule has 3 rings (SSSR count). The number of anilines is 2. The zero-order valence-electron chi connectivity index (χ0n) is 13.2. The summed E-state index contributed by atoms with van der Waals surface area (Å²) in [6.45, 7) is 0.599. The van der Waals surface area contributed by atoms with E-state index in [0.717, 1.165) is 5.56 Å². The van der Waals surface area contributed by atoms with E-state index in [2.05, 4.69) is 9.97 Å². The molecule has 1 saturated heterocycles. The predicted octanol–water partition coefficient (Wildman–Crippen LogP) is 0.943. The Labute approximate surface area is 139 Å². The summed E-state index contributed by atoms with van der Waals surface area (Å²) in [7, 11) is 0. The van der Waals surface area contributed by atoms with Gasteiger partial charge in [-0.3, -0.25) is 4.79 Å². The summed E-state index contributed by atoms with van der Waals surface area (Å²) in [6, 6.07) is 11.0. The van der Waals surface area contributed by atoms with E-state index in [4.69, 9.17) is 5.73 Å². The zero-order chi connectivity index (χ0) is 17.2. The van der Waals surface area contributed by atoms with Crippen LogP contribution < -0.4 is 10.6 Å².